The monoisotopic (exact) mass is 446 g/mol. The zero-order valence-corrected chi connectivity index (χ0v) is 18.4. The van der Waals surface area contributed by atoms with Crippen LogP contribution in [0.25, 0.3) is 10.2 Å². The van der Waals surface area contributed by atoms with Crippen molar-refractivity contribution in [3.8, 4) is 5.75 Å². The Kier molecular flexibility index (Phi) is 5.97. The SMILES string of the molecule is COc1ccc(CNc2nc(N3CCC(C(=O)O)CC3)nc3sc(C)cc23)cc1Cl. The molecule has 0 atom stereocenters. The molecule has 0 aliphatic carbocycles. The van der Waals surface area contributed by atoms with Gasteiger partial charge in [-0.25, -0.2) is 4.98 Å². The average Bonchev–Trinajstić information content (AvgIpc) is 3.12. The minimum Gasteiger partial charge on any atom is -0.495 e. The van der Waals surface area contributed by atoms with E-state index >= 15 is 0 Å². The van der Waals surface area contributed by atoms with Gasteiger partial charge in [-0.1, -0.05) is 17.7 Å². The van der Waals surface area contributed by atoms with Gasteiger partial charge in [0.05, 0.1) is 23.4 Å². The topological polar surface area (TPSA) is 87.6 Å². The number of carbonyl (C=O) groups is 1. The summed E-state index contributed by atoms with van der Waals surface area (Å²) >= 11 is 7.87. The van der Waals surface area contributed by atoms with Gasteiger partial charge < -0.3 is 20.1 Å². The Bertz CT molecular complexity index is 1080. The number of carboxylic acid groups (broad SMARTS) is 1. The highest BCUT2D eigenvalue weighted by molar-refractivity contribution is 7.18. The highest BCUT2D eigenvalue weighted by Gasteiger charge is 2.26. The Morgan fingerprint density at radius 3 is 2.77 bits per heavy atom. The number of nitrogens with one attached hydrogen (secondary N) is 1. The lowest BCUT2D eigenvalue weighted by Crippen LogP contribution is -2.37. The van der Waals surface area contributed by atoms with E-state index in [1.165, 1.54) is 0 Å². The molecule has 7 nitrogen and oxygen atoms in total. The number of ether oxygens (including phenoxy) is 1. The molecule has 1 saturated heterocycles. The lowest BCUT2D eigenvalue weighted by atomic mass is 9.97. The van der Waals surface area contributed by atoms with E-state index < -0.39 is 5.97 Å². The quantitative estimate of drug-likeness (QED) is 0.573. The molecule has 30 heavy (non-hydrogen) atoms. The first-order valence-electron chi connectivity index (χ1n) is 9.77. The number of methoxy groups -OCH3 is 1. The average molecular weight is 447 g/mol. The Labute approximate surface area is 183 Å². The summed E-state index contributed by atoms with van der Waals surface area (Å²) in [6, 6.07) is 7.78. The van der Waals surface area contributed by atoms with Crippen molar-refractivity contribution in [1.82, 2.24) is 9.97 Å². The van der Waals surface area contributed by atoms with Crippen molar-refractivity contribution in [1.29, 1.82) is 0 Å². The normalized spacial score (nSPS) is 14.8. The van der Waals surface area contributed by atoms with Gasteiger partial charge in [0.15, 0.2) is 0 Å². The fraction of sp³-hybridized carbons (Fsp3) is 0.381. The molecule has 158 valence electrons. The first-order valence-corrected chi connectivity index (χ1v) is 11.0. The van der Waals surface area contributed by atoms with Crippen molar-refractivity contribution >= 4 is 50.9 Å². The summed E-state index contributed by atoms with van der Waals surface area (Å²) < 4.78 is 5.21. The van der Waals surface area contributed by atoms with E-state index in [-0.39, 0.29) is 5.92 Å². The molecular formula is C21H23ClN4O3S. The number of anilines is 2. The summed E-state index contributed by atoms with van der Waals surface area (Å²) in [4.78, 5) is 24.9. The van der Waals surface area contributed by atoms with E-state index in [0.717, 1.165) is 26.5 Å². The van der Waals surface area contributed by atoms with Crippen LogP contribution in [-0.4, -0.2) is 41.2 Å². The number of hydrogen-bond acceptors (Lipinski definition) is 7. The van der Waals surface area contributed by atoms with Crippen LogP contribution >= 0.6 is 22.9 Å². The molecule has 1 aromatic carbocycles. The molecule has 1 fully saturated rings. The highest BCUT2D eigenvalue weighted by Crippen LogP contribution is 2.32. The summed E-state index contributed by atoms with van der Waals surface area (Å²) in [5.74, 6) is 1.05. The molecule has 2 aromatic heterocycles. The predicted molar refractivity (Wildman–Crippen MR) is 120 cm³/mol. The maximum Gasteiger partial charge on any atom is 0.306 e. The minimum absolute atomic E-state index is 0.286. The van der Waals surface area contributed by atoms with E-state index in [4.69, 9.17) is 26.3 Å². The molecule has 9 heteroatoms. The van der Waals surface area contributed by atoms with E-state index in [1.54, 1.807) is 18.4 Å². The number of piperidine rings is 1. The molecule has 0 radical (unpaired) electrons. The van der Waals surface area contributed by atoms with Crippen molar-refractivity contribution in [2.75, 3.05) is 30.4 Å². The largest absolute Gasteiger partial charge is 0.495 e. The lowest BCUT2D eigenvalue weighted by molar-refractivity contribution is -0.142. The van der Waals surface area contributed by atoms with Crippen LogP contribution in [0.1, 0.15) is 23.3 Å². The number of aryl methyl sites for hydroxylation is 1. The number of nitrogens with zero attached hydrogens (tertiary/aromatic N) is 3. The zero-order chi connectivity index (χ0) is 21.3. The van der Waals surface area contributed by atoms with Gasteiger partial charge in [-0.2, -0.15) is 4.98 Å². The molecule has 2 N–H and O–H groups in total. The van der Waals surface area contributed by atoms with E-state index in [2.05, 4.69) is 23.2 Å². The van der Waals surface area contributed by atoms with Crippen LogP contribution in [0.4, 0.5) is 11.8 Å². The van der Waals surface area contributed by atoms with Crippen LogP contribution in [0.15, 0.2) is 24.3 Å². The summed E-state index contributed by atoms with van der Waals surface area (Å²) in [6.45, 7) is 3.89. The molecule has 1 aliphatic heterocycles. The summed E-state index contributed by atoms with van der Waals surface area (Å²) in [5.41, 5.74) is 1.02. The van der Waals surface area contributed by atoms with Crippen molar-refractivity contribution in [3.63, 3.8) is 0 Å². The third-order valence-electron chi connectivity index (χ3n) is 5.31. The smallest absolute Gasteiger partial charge is 0.306 e. The van der Waals surface area contributed by atoms with E-state index in [1.807, 2.05) is 18.2 Å². The predicted octanol–water partition coefficient (Wildman–Crippen LogP) is 4.57. The highest BCUT2D eigenvalue weighted by atomic mass is 35.5. The Morgan fingerprint density at radius 2 is 2.10 bits per heavy atom. The van der Waals surface area contributed by atoms with Gasteiger partial charge in [0.25, 0.3) is 0 Å². The fourth-order valence-corrected chi connectivity index (χ4v) is 4.79. The molecule has 0 spiro atoms. The molecule has 4 rings (SSSR count). The molecule has 0 unspecified atom stereocenters. The maximum absolute atomic E-state index is 11.2. The van der Waals surface area contributed by atoms with E-state index in [9.17, 15) is 9.90 Å². The van der Waals surface area contributed by atoms with Crippen molar-refractivity contribution < 1.29 is 14.6 Å². The van der Waals surface area contributed by atoms with Crippen LogP contribution in [-0.2, 0) is 11.3 Å². The number of carboxylic acids is 1. The number of halogens is 1. The van der Waals surface area contributed by atoms with Gasteiger partial charge >= 0.3 is 5.97 Å². The Morgan fingerprint density at radius 1 is 1.33 bits per heavy atom. The first kappa shape index (κ1) is 20.7. The van der Waals surface area contributed by atoms with Crippen LogP contribution in [0.3, 0.4) is 0 Å². The van der Waals surface area contributed by atoms with Crippen LogP contribution in [0.2, 0.25) is 5.02 Å². The second kappa shape index (κ2) is 8.65. The number of aromatic nitrogens is 2. The number of benzene rings is 1. The molecular weight excluding hydrogens is 424 g/mol. The Hall–Kier alpha value is -2.58. The third kappa shape index (κ3) is 4.29. The van der Waals surface area contributed by atoms with Gasteiger partial charge in [0.2, 0.25) is 5.95 Å². The van der Waals surface area contributed by atoms with Gasteiger partial charge in [-0.15, -0.1) is 11.3 Å². The summed E-state index contributed by atoms with van der Waals surface area (Å²) in [7, 11) is 1.59. The second-order valence-corrected chi connectivity index (χ2v) is 9.01. The number of rotatable bonds is 6. The number of hydrogen-bond donors (Lipinski definition) is 2. The molecule has 3 aromatic rings. The van der Waals surface area contributed by atoms with Gasteiger partial charge in [0, 0.05) is 24.5 Å². The van der Waals surface area contributed by atoms with Crippen molar-refractivity contribution in [3.05, 3.63) is 39.7 Å². The van der Waals surface area contributed by atoms with Crippen molar-refractivity contribution in [2.45, 2.75) is 26.3 Å². The Balaban J connectivity index is 1.57. The number of fused-ring (bicyclic) bond motifs is 1. The molecule has 0 bridgehead atoms. The minimum atomic E-state index is -0.722. The third-order valence-corrected chi connectivity index (χ3v) is 6.55. The van der Waals surface area contributed by atoms with Crippen molar-refractivity contribution in [2.24, 2.45) is 5.92 Å². The molecule has 0 amide bonds. The lowest BCUT2D eigenvalue weighted by Gasteiger charge is -2.30. The second-order valence-electron chi connectivity index (χ2n) is 7.37. The van der Waals surface area contributed by atoms with Gasteiger partial charge in [-0.3, -0.25) is 4.79 Å². The van der Waals surface area contributed by atoms with Gasteiger partial charge in [-0.05, 0) is 43.5 Å². The molecule has 0 saturated carbocycles. The number of thiophene rings is 1. The van der Waals surface area contributed by atoms with Gasteiger partial charge in [0.1, 0.15) is 16.4 Å². The summed E-state index contributed by atoms with van der Waals surface area (Å²) in [5, 5.41) is 14.2. The molecule has 3 heterocycles. The number of aliphatic carboxylic acids is 1. The van der Waals surface area contributed by atoms with Crippen LogP contribution in [0, 0.1) is 12.8 Å². The maximum atomic E-state index is 11.2. The van der Waals surface area contributed by atoms with E-state index in [0.29, 0.717) is 49.2 Å². The molecule has 1 aliphatic rings. The summed E-state index contributed by atoms with van der Waals surface area (Å²) in [6.07, 6.45) is 1.21. The first-order chi connectivity index (χ1) is 14.4. The zero-order valence-electron chi connectivity index (χ0n) is 16.8. The van der Waals surface area contributed by atoms with Crippen LogP contribution in [0.5, 0.6) is 5.75 Å². The standard InChI is InChI=1S/C21H23ClN4O3S/c1-12-9-15-18(23-11-13-3-4-17(29-2)16(22)10-13)24-21(25-19(15)30-12)26-7-5-14(6-8-26)20(27)28/h3-4,9-10,14H,5-8,11H2,1-2H3,(H,27,28)(H,23,24,25). The van der Waals surface area contributed by atoms with Crippen LogP contribution < -0.4 is 15.0 Å². The fourth-order valence-electron chi connectivity index (χ4n) is 3.64.